The smallest absolute Gasteiger partial charge is 0.186 e. The van der Waals surface area contributed by atoms with Gasteiger partial charge in [0.15, 0.2) is 5.78 Å². The molecular weight excluding hydrogens is 370 g/mol. The predicted molar refractivity (Wildman–Crippen MR) is 83.6 cm³/mol. The molecule has 0 unspecified atom stereocenters. The molecule has 0 atom stereocenters. The molecule has 1 aromatic carbocycles. The Hall–Kier alpha value is -1.000. The summed E-state index contributed by atoms with van der Waals surface area (Å²) >= 11 is 6.71. The zero-order valence-corrected chi connectivity index (χ0v) is 13.9. The molecule has 2 aromatic rings. The van der Waals surface area contributed by atoms with Gasteiger partial charge in [0.25, 0.3) is 0 Å². The first-order valence-electron chi connectivity index (χ1n) is 5.88. The Balaban J connectivity index is 2.28. The van der Waals surface area contributed by atoms with Crippen molar-refractivity contribution in [2.75, 3.05) is 0 Å². The Kier molecular flexibility index (Phi) is 4.53. The Labute approximate surface area is 129 Å². The number of aryl methyl sites for hydroxylation is 2. The van der Waals surface area contributed by atoms with E-state index in [2.05, 4.69) is 49.0 Å². The van der Waals surface area contributed by atoms with Crippen LogP contribution in [0.1, 0.15) is 27.2 Å². The number of halogens is 2. The molecule has 0 bridgehead atoms. The van der Waals surface area contributed by atoms with Crippen LogP contribution in [0.3, 0.4) is 0 Å². The van der Waals surface area contributed by atoms with E-state index in [-0.39, 0.29) is 5.78 Å². The Bertz CT molecular complexity index is 638. The predicted octanol–water partition coefficient (Wildman–Crippen LogP) is 4.65. The van der Waals surface area contributed by atoms with Gasteiger partial charge in [-0.2, -0.15) is 0 Å². The van der Waals surface area contributed by atoms with Crippen LogP contribution >= 0.6 is 31.9 Å². The average Bonchev–Trinajstić information content (AvgIpc) is 2.33. The molecule has 1 heterocycles. The van der Waals surface area contributed by atoms with Crippen LogP contribution in [-0.4, -0.2) is 10.8 Å². The van der Waals surface area contributed by atoms with Crippen LogP contribution in [0.2, 0.25) is 0 Å². The Morgan fingerprint density at radius 1 is 1.21 bits per heavy atom. The van der Waals surface area contributed by atoms with Gasteiger partial charge in [0.05, 0.1) is 0 Å². The highest BCUT2D eigenvalue weighted by Crippen LogP contribution is 2.22. The molecule has 0 saturated heterocycles. The minimum absolute atomic E-state index is 0.0214. The van der Waals surface area contributed by atoms with Gasteiger partial charge in [-0.05, 0) is 62.9 Å². The Morgan fingerprint density at radius 2 is 1.95 bits per heavy atom. The molecule has 0 radical (unpaired) electrons. The zero-order chi connectivity index (χ0) is 14.0. The van der Waals surface area contributed by atoms with Crippen LogP contribution in [0, 0.1) is 13.8 Å². The minimum atomic E-state index is 0.0214. The SMILES string of the molecule is Cc1ccc(C)c(CC(=O)c2ncc(Br)cc2Br)c1. The number of benzene rings is 1. The fourth-order valence-corrected chi connectivity index (χ4v) is 3.08. The number of carbonyl (C=O) groups is 1. The second-order valence-corrected chi connectivity index (χ2v) is 6.28. The summed E-state index contributed by atoms with van der Waals surface area (Å²) in [6.45, 7) is 4.05. The van der Waals surface area contributed by atoms with Crippen LogP contribution in [-0.2, 0) is 6.42 Å². The topological polar surface area (TPSA) is 30.0 Å². The monoisotopic (exact) mass is 381 g/mol. The van der Waals surface area contributed by atoms with Gasteiger partial charge in [0.1, 0.15) is 5.69 Å². The molecule has 0 N–H and O–H groups in total. The molecule has 4 heteroatoms. The third kappa shape index (κ3) is 3.51. The van der Waals surface area contributed by atoms with Gasteiger partial charge in [-0.15, -0.1) is 0 Å². The first kappa shape index (κ1) is 14.4. The maximum atomic E-state index is 12.3. The van der Waals surface area contributed by atoms with Gasteiger partial charge in [0, 0.05) is 21.6 Å². The molecule has 0 fully saturated rings. The second kappa shape index (κ2) is 5.97. The normalized spacial score (nSPS) is 10.5. The lowest BCUT2D eigenvalue weighted by Crippen LogP contribution is -2.08. The van der Waals surface area contributed by atoms with Crippen LogP contribution in [0.15, 0.2) is 39.4 Å². The summed E-state index contributed by atoms with van der Waals surface area (Å²) in [6, 6.07) is 7.99. The largest absolute Gasteiger partial charge is 0.292 e. The fourth-order valence-electron chi connectivity index (χ4n) is 1.87. The third-order valence-corrected chi connectivity index (χ3v) is 3.97. The highest BCUT2D eigenvalue weighted by atomic mass is 79.9. The average molecular weight is 383 g/mol. The standard InChI is InChI=1S/C15H13Br2NO/c1-9-3-4-10(2)11(5-9)6-14(19)15-13(17)7-12(16)8-18-15/h3-5,7-8H,6H2,1-2H3. The van der Waals surface area contributed by atoms with E-state index in [4.69, 9.17) is 0 Å². The first-order valence-corrected chi connectivity index (χ1v) is 7.46. The number of nitrogens with zero attached hydrogens (tertiary/aromatic N) is 1. The van der Waals surface area contributed by atoms with E-state index >= 15 is 0 Å². The molecule has 2 rings (SSSR count). The van der Waals surface area contributed by atoms with E-state index in [9.17, 15) is 4.79 Å². The highest BCUT2D eigenvalue weighted by Gasteiger charge is 2.14. The molecule has 1 aromatic heterocycles. The van der Waals surface area contributed by atoms with Gasteiger partial charge >= 0.3 is 0 Å². The van der Waals surface area contributed by atoms with Crippen molar-refractivity contribution < 1.29 is 4.79 Å². The molecule has 2 nitrogen and oxygen atoms in total. The van der Waals surface area contributed by atoms with E-state index in [1.165, 1.54) is 0 Å². The summed E-state index contributed by atoms with van der Waals surface area (Å²) in [6.07, 6.45) is 2.02. The van der Waals surface area contributed by atoms with E-state index < -0.39 is 0 Å². The summed E-state index contributed by atoms with van der Waals surface area (Å²) in [5.41, 5.74) is 3.83. The number of hydrogen-bond acceptors (Lipinski definition) is 2. The lowest BCUT2D eigenvalue weighted by Gasteiger charge is -2.07. The van der Waals surface area contributed by atoms with Crippen molar-refractivity contribution in [3.8, 4) is 0 Å². The first-order chi connectivity index (χ1) is 8.97. The summed E-state index contributed by atoms with van der Waals surface area (Å²) in [5, 5.41) is 0. The number of ketones is 1. The molecular formula is C15H13Br2NO. The fraction of sp³-hybridized carbons (Fsp3) is 0.200. The quantitative estimate of drug-likeness (QED) is 0.723. The highest BCUT2D eigenvalue weighted by molar-refractivity contribution is 9.11. The van der Waals surface area contributed by atoms with Crippen LogP contribution in [0.25, 0.3) is 0 Å². The van der Waals surface area contributed by atoms with E-state index in [1.807, 2.05) is 26.0 Å². The molecule has 0 aliphatic carbocycles. The van der Waals surface area contributed by atoms with Gasteiger partial charge in [-0.25, -0.2) is 0 Å². The van der Waals surface area contributed by atoms with Crippen LogP contribution < -0.4 is 0 Å². The maximum Gasteiger partial charge on any atom is 0.186 e. The number of Topliss-reactive ketones (excluding diaryl/α,β-unsaturated/α-hetero) is 1. The summed E-state index contributed by atoms with van der Waals surface area (Å²) in [7, 11) is 0. The molecule has 19 heavy (non-hydrogen) atoms. The number of pyridine rings is 1. The van der Waals surface area contributed by atoms with Crippen molar-refractivity contribution in [3.63, 3.8) is 0 Å². The van der Waals surface area contributed by atoms with Crippen molar-refractivity contribution in [2.24, 2.45) is 0 Å². The molecule has 0 aliphatic rings. The maximum absolute atomic E-state index is 12.3. The van der Waals surface area contributed by atoms with Gasteiger partial charge in [0.2, 0.25) is 0 Å². The summed E-state index contributed by atoms with van der Waals surface area (Å²) in [5.74, 6) is 0.0214. The number of carbonyl (C=O) groups excluding carboxylic acids is 1. The van der Waals surface area contributed by atoms with Crippen LogP contribution in [0.5, 0.6) is 0 Å². The zero-order valence-electron chi connectivity index (χ0n) is 10.7. The number of rotatable bonds is 3. The van der Waals surface area contributed by atoms with Crippen molar-refractivity contribution in [1.82, 2.24) is 4.98 Å². The Morgan fingerprint density at radius 3 is 2.63 bits per heavy atom. The van der Waals surface area contributed by atoms with Crippen molar-refractivity contribution in [1.29, 1.82) is 0 Å². The van der Waals surface area contributed by atoms with Gasteiger partial charge in [-0.3, -0.25) is 9.78 Å². The van der Waals surface area contributed by atoms with Crippen LogP contribution in [0.4, 0.5) is 0 Å². The second-order valence-electron chi connectivity index (χ2n) is 4.51. The summed E-state index contributed by atoms with van der Waals surface area (Å²) < 4.78 is 1.57. The molecule has 0 saturated carbocycles. The molecule has 0 amide bonds. The van der Waals surface area contributed by atoms with E-state index in [1.54, 1.807) is 6.20 Å². The lowest BCUT2D eigenvalue weighted by molar-refractivity contribution is 0.0987. The third-order valence-electron chi connectivity index (χ3n) is 2.93. The van der Waals surface area contributed by atoms with Crippen molar-refractivity contribution in [2.45, 2.75) is 20.3 Å². The molecule has 0 spiro atoms. The lowest BCUT2D eigenvalue weighted by atomic mass is 10.00. The number of hydrogen-bond donors (Lipinski definition) is 0. The van der Waals surface area contributed by atoms with Gasteiger partial charge in [-0.1, -0.05) is 23.8 Å². The van der Waals surface area contributed by atoms with Crippen molar-refractivity contribution >= 4 is 37.6 Å². The summed E-state index contributed by atoms with van der Waals surface area (Å²) in [4.78, 5) is 16.5. The molecule has 0 aliphatic heterocycles. The van der Waals surface area contributed by atoms with E-state index in [0.717, 1.165) is 25.6 Å². The van der Waals surface area contributed by atoms with Gasteiger partial charge < -0.3 is 0 Å². The van der Waals surface area contributed by atoms with Crippen molar-refractivity contribution in [3.05, 3.63) is 61.8 Å². The molecule has 98 valence electrons. The number of aromatic nitrogens is 1. The minimum Gasteiger partial charge on any atom is -0.292 e. The van der Waals surface area contributed by atoms with E-state index in [0.29, 0.717) is 12.1 Å².